The minimum atomic E-state index is -0.993. The van der Waals surface area contributed by atoms with Crippen LogP contribution >= 0.6 is 23.2 Å². The molecule has 0 unspecified atom stereocenters. The second-order valence-corrected chi connectivity index (χ2v) is 8.25. The minimum Gasteiger partial charge on any atom is -0.508 e. The lowest BCUT2D eigenvalue weighted by Crippen LogP contribution is -2.38. The zero-order valence-electron chi connectivity index (χ0n) is 15.4. The van der Waals surface area contributed by atoms with E-state index in [1.807, 2.05) is 0 Å². The molecule has 3 N–H and O–H groups in total. The highest BCUT2D eigenvalue weighted by molar-refractivity contribution is 6.42. The van der Waals surface area contributed by atoms with Crippen molar-refractivity contribution in [1.82, 2.24) is 9.80 Å². The first-order valence-electron chi connectivity index (χ1n) is 9.41. The number of carbonyl (C=O) groups is 2. The van der Waals surface area contributed by atoms with Crippen LogP contribution in [0.5, 0.6) is 5.75 Å². The molecular weight excluding hydrogens is 407 g/mol. The molecule has 7 nitrogen and oxygen atoms in total. The zero-order chi connectivity index (χ0) is 20.4. The maximum absolute atomic E-state index is 12.8. The van der Waals surface area contributed by atoms with Crippen LogP contribution in [0.4, 0.5) is 4.79 Å². The Hall–Kier alpha value is -1.70. The second-order valence-electron chi connectivity index (χ2n) is 7.47. The van der Waals surface area contributed by atoms with E-state index in [-0.39, 0.29) is 45.6 Å². The van der Waals surface area contributed by atoms with Gasteiger partial charge in [0.15, 0.2) is 0 Å². The van der Waals surface area contributed by atoms with Gasteiger partial charge in [-0.2, -0.15) is 0 Å². The number of amides is 2. The Morgan fingerprint density at radius 2 is 1.79 bits per heavy atom. The number of phenolic OH excluding ortho intramolecular Hbond substituents is 1. The largest absolute Gasteiger partial charge is 0.508 e. The Balaban J connectivity index is 1.65. The summed E-state index contributed by atoms with van der Waals surface area (Å²) >= 11 is 12.2. The number of phenols is 1. The molecule has 2 aliphatic heterocycles. The van der Waals surface area contributed by atoms with Gasteiger partial charge in [0.25, 0.3) is 0 Å². The van der Waals surface area contributed by atoms with Crippen molar-refractivity contribution in [2.45, 2.75) is 31.8 Å². The van der Waals surface area contributed by atoms with E-state index >= 15 is 0 Å². The highest BCUT2D eigenvalue weighted by atomic mass is 35.5. The number of likely N-dealkylation sites (tertiary alicyclic amines) is 2. The highest BCUT2D eigenvalue weighted by Gasteiger charge is 2.35. The third-order valence-corrected chi connectivity index (χ3v) is 6.56. The normalized spacial score (nSPS) is 24.1. The Morgan fingerprint density at radius 1 is 1.07 bits per heavy atom. The van der Waals surface area contributed by atoms with Gasteiger partial charge in [0.1, 0.15) is 5.75 Å². The summed E-state index contributed by atoms with van der Waals surface area (Å²) in [5.41, 5.74) is 0.229. The minimum absolute atomic E-state index is 0.0254. The van der Waals surface area contributed by atoms with Gasteiger partial charge in [0.2, 0.25) is 5.91 Å². The molecule has 2 heterocycles. The maximum Gasteiger partial charge on any atom is 0.407 e. The Labute approximate surface area is 173 Å². The van der Waals surface area contributed by atoms with Gasteiger partial charge in [-0.3, -0.25) is 4.79 Å². The van der Waals surface area contributed by atoms with E-state index in [1.165, 1.54) is 17.0 Å². The molecule has 9 heteroatoms. The van der Waals surface area contributed by atoms with Gasteiger partial charge < -0.3 is 25.1 Å². The van der Waals surface area contributed by atoms with Crippen LogP contribution in [0.3, 0.4) is 0 Å². The Bertz CT molecular complexity index is 760. The predicted molar refractivity (Wildman–Crippen MR) is 105 cm³/mol. The average Bonchev–Trinajstić information content (AvgIpc) is 3.03. The van der Waals surface area contributed by atoms with Crippen LogP contribution in [0.25, 0.3) is 0 Å². The number of nitrogens with zero attached hydrogens (tertiary/aromatic N) is 2. The third-order valence-electron chi connectivity index (χ3n) is 5.74. The van der Waals surface area contributed by atoms with Crippen molar-refractivity contribution in [1.29, 1.82) is 0 Å². The van der Waals surface area contributed by atoms with Crippen LogP contribution in [0, 0.1) is 11.8 Å². The summed E-state index contributed by atoms with van der Waals surface area (Å²) in [6, 6.07) is 2.89. The third kappa shape index (κ3) is 4.31. The van der Waals surface area contributed by atoms with Crippen LogP contribution in [-0.4, -0.2) is 63.3 Å². The van der Waals surface area contributed by atoms with E-state index in [1.54, 1.807) is 4.90 Å². The van der Waals surface area contributed by atoms with E-state index in [4.69, 9.17) is 28.3 Å². The molecule has 0 aliphatic carbocycles. The van der Waals surface area contributed by atoms with E-state index in [0.29, 0.717) is 45.3 Å². The van der Waals surface area contributed by atoms with E-state index in [0.717, 1.165) is 0 Å². The fourth-order valence-corrected chi connectivity index (χ4v) is 4.56. The molecule has 1 aromatic carbocycles. The predicted octanol–water partition coefficient (Wildman–Crippen LogP) is 3.36. The van der Waals surface area contributed by atoms with Crippen LogP contribution in [-0.2, 0) is 4.79 Å². The SMILES string of the molecule is O=C(O)N1CC[C@H](C(=O)N2CCC[C@@H]([C@H](O)c3c(O)ccc(Cl)c3Cl)CC2)C1. The molecule has 1 aromatic rings. The molecule has 2 saturated heterocycles. The van der Waals surface area contributed by atoms with Gasteiger partial charge in [-0.15, -0.1) is 0 Å². The summed E-state index contributed by atoms with van der Waals surface area (Å²) in [7, 11) is 0. The lowest BCUT2D eigenvalue weighted by atomic mass is 9.89. The van der Waals surface area contributed by atoms with E-state index in [9.17, 15) is 19.8 Å². The summed E-state index contributed by atoms with van der Waals surface area (Å²) in [6.45, 7) is 1.67. The fourth-order valence-electron chi connectivity index (χ4n) is 4.13. The Morgan fingerprint density at radius 3 is 2.46 bits per heavy atom. The molecule has 0 bridgehead atoms. The highest BCUT2D eigenvalue weighted by Crippen LogP contribution is 2.42. The standard InChI is InChI=1S/C19H24Cl2N2O5/c20-13-3-4-14(24)15(16(13)21)17(25)11-2-1-7-22(8-5-11)18(26)12-6-9-23(10-12)19(27)28/h3-4,11-12,17,24-25H,1-2,5-10H2,(H,27,28)/t11-,12+,17+/m1/s1. The van der Waals surface area contributed by atoms with Crippen molar-refractivity contribution < 1.29 is 24.9 Å². The van der Waals surface area contributed by atoms with Gasteiger partial charge >= 0.3 is 6.09 Å². The van der Waals surface area contributed by atoms with Gasteiger partial charge in [-0.25, -0.2) is 4.79 Å². The summed E-state index contributed by atoms with van der Waals surface area (Å²) in [4.78, 5) is 26.9. The van der Waals surface area contributed by atoms with Crippen molar-refractivity contribution in [2.75, 3.05) is 26.2 Å². The van der Waals surface area contributed by atoms with Crippen LogP contribution in [0.2, 0.25) is 10.0 Å². The van der Waals surface area contributed by atoms with Crippen LogP contribution in [0.1, 0.15) is 37.4 Å². The van der Waals surface area contributed by atoms with Gasteiger partial charge in [-0.1, -0.05) is 23.2 Å². The number of hydrogen-bond acceptors (Lipinski definition) is 4. The summed E-state index contributed by atoms with van der Waals surface area (Å²) < 4.78 is 0. The van der Waals surface area contributed by atoms with Crippen LogP contribution < -0.4 is 0 Å². The smallest absolute Gasteiger partial charge is 0.407 e. The van der Waals surface area contributed by atoms with Gasteiger partial charge in [0.05, 0.1) is 22.1 Å². The molecule has 0 aromatic heterocycles. The second kappa shape index (κ2) is 8.76. The molecule has 2 amide bonds. The van der Waals surface area contributed by atoms with Crippen molar-refractivity contribution in [3.8, 4) is 5.75 Å². The first kappa shape index (κ1) is 21.0. The average molecular weight is 431 g/mol. The zero-order valence-corrected chi connectivity index (χ0v) is 16.9. The molecule has 0 spiro atoms. The maximum atomic E-state index is 12.8. The molecule has 3 atom stereocenters. The number of rotatable bonds is 3. The number of benzene rings is 1. The Kier molecular flexibility index (Phi) is 6.58. The first-order valence-corrected chi connectivity index (χ1v) is 10.2. The lowest BCUT2D eigenvalue weighted by molar-refractivity contribution is -0.135. The topological polar surface area (TPSA) is 101 Å². The van der Waals surface area contributed by atoms with Crippen molar-refractivity contribution in [3.63, 3.8) is 0 Å². The quantitative estimate of drug-likeness (QED) is 0.682. The van der Waals surface area contributed by atoms with Crippen molar-refractivity contribution in [2.24, 2.45) is 11.8 Å². The van der Waals surface area contributed by atoms with Crippen molar-refractivity contribution in [3.05, 3.63) is 27.7 Å². The van der Waals surface area contributed by atoms with Gasteiger partial charge in [-0.05, 0) is 43.7 Å². The molecule has 2 fully saturated rings. The summed E-state index contributed by atoms with van der Waals surface area (Å²) in [5, 5.41) is 30.4. The van der Waals surface area contributed by atoms with Gasteiger partial charge in [0, 0.05) is 31.7 Å². The number of carboxylic acid groups (broad SMARTS) is 1. The van der Waals surface area contributed by atoms with E-state index < -0.39 is 12.2 Å². The molecular formula is C19H24Cl2N2O5. The molecule has 0 radical (unpaired) electrons. The number of aromatic hydroxyl groups is 1. The van der Waals surface area contributed by atoms with Crippen LogP contribution in [0.15, 0.2) is 12.1 Å². The monoisotopic (exact) mass is 430 g/mol. The van der Waals surface area contributed by atoms with E-state index in [2.05, 4.69) is 0 Å². The fraction of sp³-hybridized carbons (Fsp3) is 0.579. The number of halogens is 2. The number of carbonyl (C=O) groups excluding carboxylic acids is 1. The summed E-state index contributed by atoms with van der Waals surface area (Å²) in [6.07, 6.45) is 0.522. The van der Waals surface area contributed by atoms with Crippen molar-refractivity contribution >= 4 is 35.2 Å². The summed E-state index contributed by atoms with van der Waals surface area (Å²) in [5.74, 6) is -0.593. The first-order chi connectivity index (χ1) is 13.3. The number of hydrogen-bond donors (Lipinski definition) is 3. The molecule has 28 heavy (non-hydrogen) atoms. The number of aliphatic hydroxyl groups is 1. The molecule has 154 valence electrons. The lowest BCUT2D eigenvalue weighted by Gasteiger charge is -2.25. The molecule has 3 rings (SSSR count). The molecule has 2 aliphatic rings. The number of aliphatic hydroxyl groups excluding tert-OH is 1. The molecule has 0 saturated carbocycles.